The Kier molecular flexibility index (Phi) is 5.01. The largest absolute Gasteiger partial charge is 0.398 e. The molecule has 3 heteroatoms. The van der Waals surface area contributed by atoms with Gasteiger partial charge in [0.15, 0.2) is 0 Å². The van der Waals surface area contributed by atoms with Gasteiger partial charge in [-0.15, -0.1) is 0 Å². The second-order valence-corrected chi connectivity index (χ2v) is 4.46. The minimum absolute atomic E-state index is 0.0669. The Balaban J connectivity index is 2.75. The third kappa shape index (κ3) is 3.77. The van der Waals surface area contributed by atoms with Crippen molar-refractivity contribution < 1.29 is 4.79 Å². The van der Waals surface area contributed by atoms with Crippen LogP contribution in [0.4, 0.5) is 5.69 Å². The maximum absolute atomic E-state index is 12.0. The molecule has 0 aromatic heterocycles. The van der Waals surface area contributed by atoms with Crippen molar-refractivity contribution in [2.75, 3.05) is 5.73 Å². The highest BCUT2D eigenvalue weighted by atomic mass is 16.1. The topological polar surface area (TPSA) is 55.1 Å². The minimum atomic E-state index is -0.0669. The van der Waals surface area contributed by atoms with Crippen LogP contribution in [0.2, 0.25) is 0 Å². The summed E-state index contributed by atoms with van der Waals surface area (Å²) in [6, 6.07) is 5.77. The standard InChI is InChI=1S/C14H22N2O/c1-4-6-11(5-2)16-14(17)12-8-7-10(3)9-13(12)15/h7-9,11H,4-6,15H2,1-3H3,(H,16,17). The molecule has 3 nitrogen and oxygen atoms in total. The molecule has 0 radical (unpaired) electrons. The van der Waals surface area contributed by atoms with E-state index >= 15 is 0 Å². The van der Waals surface area contributed by atoms with Crippen LogP contribution in [0.25, 0.3) is 0 Å². The number of rotatable bonds is 5. The quantitative estimate of drug-likeness (QED) is 0.770. The van der Waals surface area contributed by atoms with Crippen molar-refractivity contribution in [3.8, 4) is 0 Å². The first-order chi connectivity index (χ1) is 8.08. The van der Waals surface area contributed by atoms with Gasteiger partial charge < -0.3 is 11.1 Å². The molecular weight excluding hydrogens is 212 g/mol. The maximum Gasteiger partial charge on any atom is 0.253 e. The van der Waals surface area contributed by atoms with Gasteiger partial charge in [0.05, 0.1) is 5.56 Å². The Morgan fingerprint density at radius 1 is 1.41 bits per heavy atom. The van der Waals surface area contributed by atoms with E-state index in [0.29, 0.717) is 11.3 Å². The predicted octanol–water partition coefficient (Wildman–Crippen LogP) is 2.89. The van der Waals surface area contributed by atoms with Crippen LogP contribution in [-0.2, 0) is 0 Å². The van der Waals surface area contributed by atoms with Gasteiger partial charge in [-0.1, -0.05) is 26.3 Å². The van der Waals surface area contributed by atoms with E-state index in [1.807, 2.05) is 19.1 Å². The Morgan fingerprint density at radius 3 is 2.65 bits per heavy atom. The van der Waals surface area contributed by atoms with Crippen LogP contribution in [-0.4, -0.2) is 11.9 Å². The van der Waals surface area contributed by atoms with Gasteiger partial charge >= 0.3 is 0 Å². The highest BCUT2D eigenvalue weighted by Crippen LogP contribution is 2.14. The molecule has 94 valence electrons. The normalized spacial score (nSPS) is 12.2. The van der Waals surface area contributed by atoms with E-state index in [2.05, 4.69) is 19.2 Å². The predicted molar refractivity (Wildman–Crippen MR) is 72.0 cm³/mol. The zero-order chi connectivity index (χ0) is 12.8. The smallest absolute Gasteiger partial charge is 0.253 e. The Labute approximate surface area is 103 Å². The third-order valence-corrected chi connectivity index (χ3v) is 2.92. The Hall–Kier alpha value is -1.51. The molecule has 0 fully saturated rings. The number of hydrogen-bond acceptors (Lipinski definition) is 2. The van der Waals surface area contributed by atoms with Gasteiger partial charge in [-0.05, 0) is 37.5 Å². The lowest BCUT2D eigenvalue weighted by Gasteiger charge is -2.16. The second-order valence-electron chi connectivity index (χ2n) is 4.46. The van der Waals surface area contributed by atoms with Crippen LogP contribution in [0.3, 0.4) is 0 Å². The Bertz CT molecular complexity index is 388. The lowest BCUT2D eigenvalue weighted by Crippen LogP contribution is -2.34. The number of anilines is 1. The Morgan fingerprint density at radius 2 is 2.12 bits per heavy atom. The van der Waals surface area contributed by atoms with E-state index in [1.165, 1.54) is 0 Å². The van der Waals surface area contributed by atoms with Crippen LogP contribution in [0.15, 0.2) is 18.2 Å². The molecule has 0 heterocycles. The molecule has 1 atom stereocenters. The molecule has 3 N–H and O–H groups in total. The number of carbonyl (C=O) groups is 1. The van der Waals surface area contributed by atoms with Gasteiger partial charge in [-0.25, -0.2) is 0 Å². The lowest BCUT2D eigenvalue weighted by atomic mass is 10.1. The summed E-state index contributed by atoms with van der Waals surface area (Å²) in [5, 5.41) is 3.03. The van der Waals surface area contributed by atoms with Crippen LogP contribution in [0.5, 0.6) is 0 Å². The van der Waals surface area contributed by atoms with Crippen molar-refractivity contribution >= 4 is 11.6 Å². The molecule has 1 unspecified atom stereocenters. The molecule has 1 aromatic carbocycles. The highest BCUT2D eigenvalue weighted by molar-refractivity contribution is 5.99. The summed E-state index contributed by atoms with van der Waals surface area (Å²) >= 11 is 0. The van der Waals surface area contributed by atoms with Crippen molar-refractivity contribution in [2.45, 2.75) is 46.1 Å². The van der Waals surface area contributed by atoms with E-state index in [1.54, 1.807) is 6.07 Å². The van der Waals surface area contributed by atoms with Crippen molar-refractivity contribution in [3.63, 3.8) is 0 Å². The molecule has 1 rings (SSSR count). The molecule has 0 saturated carbocycles. The minimum Gasteiger partial charge on any atom is -0.398 e. The second kappa shape index (κ2) is 6.28. The number of carbonyl (C=O) groups excluding carboxylic acids is 1. The van der Waals surface area contributed by atoms with Crippen molar-refractivity contribution in [3.05, 3.63) is 29.3 Å². The lowest BCUT2D eigenvalue weighted by molar-refractivity contribution is 0.0934. The van der Waals surface area contributed by atoms with E-state index < -0.39 is 0 Å². The third-order valence-electron chi connectivity index (χ3n) is 2.92. The zero-order valence-electron chi connectivity index (χ0n) is 10.9. The first kappa shape index (κ1) is 13.6. The van der Waals surface area contributed by atoms with Gasteiger partial charge in [-0.2, -0.15) is 0 Å². The average molecular weight is 234 g/mol. The van der Waals surface area contributed by atoms with Gasteiger partial charge in [0.1, 0.15) is 0 Å². The first-order valence-electron chi connectivity index (χ1n) is 6.25. The molecule has 0 saturated heterocycles. The van der Waals surface area contributed by atoms with E-state index in [9.17, 15) is 4.79 Å². The maximum atomic E-state index is 12.0. The number of nitrogens with one attached hydrogen (secondary N) is 1. The summed E-state index contributed by atoms with van der Waals surface area (Å²) in [4.78, 5) is 12.0. The van der Waals surface area contributed by atoms with Gasteiger partial charge in [0, 0.05) is 11.7 Å². The molecule has 17 heavy (non-hydrogen) atoms. The average Bonchev–Trinajstić information content (AvgIpc) is 2.28. The molecule has 0 aliphatic heterocycles. The van der Waals surface area contributed by atoms with Gasteiger partial charge in [-0.3, -0.25) is 4.79 Å². The first-order valence-corrected chi connectivity index (χ1v) is 6.25. The number of benzene rings is 1. The highest BCUT2D eigenvalue weighted by Gasteiger charge is 2.13. The molecule has 0 aliphatic rings. The fraction of sp³-hybridized carbons (Fsp3) is 0.500. The van der Waals surface area contributed by atoms with Crippen molar-refractivity contribution in [1.82, 2.24) is 5.32 Å². The van der Waals surface area contributed by atoms with Gasteiger partial charge in [0.25, 0.3) is 5.91 Å². The summed E-state index contributed by atoms with van der Waals surface area (Å²) < 4.78 is 0. The summed E-state index contributed by atoms with van der Waals surface area (Å²) in [5.41, 5.74) is 8.05. The van der Waals surface area contributed by atoms with Crippen LogP contribution < -0.4 is 11.1 Å². The molecule has 0 bridgehead atoms. The van der Waals surface area contributed by atoms with Crippen LogP contribution >= 0.6 is 0 Å². The molecular formula is C14H22N2O. The summed E-state index contributed by atoms with van der Waals surface area (Å²) in [5.74, 6) is -0.0669. The molecule has 1 aromatic rings. The molecule has 0 spiro atoms. The number of hydrogen-bond donors (Lipinski definition) is 2. The van der Waals surface area contributed by atoms with Crippen LogP contribution in [0.1, 0.15) is 49.0 Å². The number of nitrogens with two attached hydrogens (primary N) is 1. The van der Waals surface area contributed by atoms with Gasteiger partial charge in [0.2, 0.25) is 0 Å². The fourth-order valence-corrected chi connectivity index (χ4v) is 1.88. The SMILES string of the molecule is CCCC(CC)NC(=O)c1ccc(C)cc1N. The van der Waals surface area contributed by atoms with E-state index in [4.69, 9.17) is 5.73 Å². The number of aryl methyl sites for hydroxylation is 1. The monoisotopic (exact) mass is 234 g/mol. The van der Waals surface area contributed by atoms with E-state index in [0.717, 1.165) is 24.8 Å². The molecule has 1 amide bonds. The van der Waals surface area contributed by atoms with Crippen molar-refractivity contribution in [2.24, 2.45) is 0 Å². The van der Waals surface area contributed by atoms with E-state index in [-0.39, 0.29) is 11.9 Å². The fourth-order valence-electron chi connectivity index (χ4n) is 1.88. The van der Waals surface area contributed by atoms with Crippen molar-refractivity contribution in [1.29, 1.82) is 0 Å². The summed E-state index contributed by atoms with van der Waals surface area (Å²) in [6.07, 6.45) is 3.03. The number of nitrogen functional groups attached to an aromatic ring is 1. The molecule has 0 aliphatic carbocycles. The van der Waals surface area contributed by atoms with Crippen LogP contribution in [0, 0.1) is 6.92 Å². The zero-order valence-corrected chi connectivity index (χ0v) is 10.9. The summed E-state index contributed by atoms with van der Waals surface area (Å²) in [7, 11) is 0. The summed E-state index contributed by atoms with van der Waals surface area (Å²) in [6.45, 7) is 6.16. The number of amides is 1.